The van der Waals surface area contributed by atoms with Crippen LogP contribution in [-0.2, 0) is 20.5 Å². The van der Waals surface area contributed by atoms with Crippen molar-refractivity contribution < 1.29 is 46.6 Å². The third-order valence-electron chi connectivity index (χ3n) is 6.14. The van der Waals surface area contributed by atoms with E-state index in [4.69, 9.17) is 22.5 Å². The van der Waals surface area contributed by atoms with Crippen LogP contribution in [0.15, 0.2) is 28.6 Å². The van der Waals surface area contributed by atoms with E-state index < -0.39 is 93.6 Å². The summed E-state index contributed by atoms with van der Waals surface area (Å²) in [4.78, 5) is 25.7. The van der Waals surface area contributed by atoms with Gasteiger partial charge in [0.1, 0.15) is 23.7 Å². The first-order chi connectivity index (χ1) is 16.2. The number of alkyl halides is 4. The van der Waals surface area contributed by atoms with E-state index in [0.717, 1.165) is 7.11 Å². The minimum Gasteiger partial charge on any atom is -0.481 e. The second-order valence-electron chi connectivity index (χ2n) is 8.15. The molecule has 15 heteroatoms. The van der Waals surface area contributed by atoms with Crippen LogP contribution in [-0.4, -0.2) is 47.9 Å². The number of carboxylic acids is 1. The van der Waals surface area contributed by atoms with Gasteiger partial charge in [-0.25, -0.2) is 13.6 Å². The molecular weight excluding hydrogens is 540 g/mol. The lowest BCUT2D eigenvalue weighted by atomic mass is 9.55. The first-order valence-corrected chi connectivity index (χ1v) is 10.5. The molecule has 36 heavy (non-hydrogen) atoms. The lowest BCUT2D eigenvalue weighted by molar-refractivity contribution is -0.158. The van der Waals surface area contributed by atoms with Crippen molar-refractivity contribution in [1.29, 1.82) is 0 Å². The molecule has 1 aromatic rings. The molecule has 1 aliphatic heterocycles. The monoisotopic (exact) mass is 563 g/mol. The van der Waals surface area contributed by atoms with Gasteiger partial charge in [-0.15, -0.1) is 12.4 Å². The fraction of sp³-hybridized carbons (Fsp3) is 0.476. The van der Waals surface area contributed by atoms with Crippen molar-refractivity contribution in [2.75, 3.05) is 13.8 Å². The van der Waals surface area contributed by atoms with Crippen LogP contribution in [0.1, 0.15) is 37.3 Å². The van der Waals surface area contributed by atoms with Crippen molar-refractivity contribution >= 4 is 41.8 Å². The lowest BCUT2D eigenvalue weighted by Gasteiger charge is -2.51. The van der Waals surface area contributed by atoms with Crippen molar-refractivity contribution in [3.05, 3.63) is 45.4 Å². The zero-order valence-corrected chi connectivity index (χ0v) is 20.7. The van der Waals surface area contributed by atoms with Crippen LogP contribution in [0, 0.1) is 17.2 Å². The van der Waals surface area contributed by atoms with E-state index in [9.17, 15) is 32.3 Å². The van der Waals surface area contributed by atoms with Gasteiger partial charge >= 0.3 is 18.1 Å². The molecule has 0 spiro atoms. The fourth-order valence-corrected chi connectivity index (χ4v) is 5.00. The summed E-state index contributed by atoms with van der Waals surface area (Å²) in [6, 6.07) is -0.336. The Morgan fingerprint density at radius 3 is 2.33 bits per heavy atom. The van der Waals surface area contributed by atoms with Gasteiger partial charge in [-0.3, -0.25) is 4.79 Å². The number of oxime groups is 1. The van der Waals surface area contributed by atoms with Crippen LogP contribution in [0.2, 0.25) is 5.02 Å². The molecule has 0 amide bonds. The van der Waals surface area contributed by atoms with Crippen LogP contribution in [0.4, 0.5) is 22.0 Å². The lowest BCUT2D eigenvalue weighted by Crippen LogP contribution is -2.62. The van der Waals surface area contributed by atoms with Crippen LogP contribution in [0.25, 0.3) is 0 Å². The van der Waals surface area contributed by atoms with Crippen LogP contribution in [0.3, 0.4) is 0 Å². The zero-order valence-electron chi connectivity index (χ0n) is 19.1. The van der Waals surface area contributed by atoms with Gasteiger partial charge in [-0.1, -0.05) is 30.6 Å². The molecule has 8 nitrogen and oxygen atoms in total. The van der Waals surface area contributed by atoms with Gasteiger partial charge in [0.25, 0.3) is 0 Å². The fourth-order valence-electron chi connectivity index (χ4n) is 4.73. The maximum absolute atomic E-state index is 15.3. The third kappa shape index (κ3) is 5.17. The maximum Gasteiger partial charge on any atom is 0.418 e. The Morgan fingerprint density at radius 1 is 1.33 bits per heavy atom. The number of amidine groups is 1. The molecule has 0 saturated heterocycles. The van der Waals surface area contributed by atoms with E-state index in [1.807, 2.05) is 0 Å². The molecule has 0 aliphatic carbocycles. The van der Waals surface area contributed by atoms with Crippen molar-refractivity contribution in [3.63, 3.8) is 0 Å². The van der Waals surface area contributed by atoms with Gasteiger partial charge in [-0.05, 0) is 18.1 Å². The average Bonchev–Trinajstić information content (AvgIpc) is 2.77. The number of hydrogen-bond donors (Lipinski definition) is 4. The second kappa shape index (κ2) is 11.5. The molecule has 0 bridgehead atoms. The molecule has 1 aromatic carbocycles. The number of hydrogen-bond acceptors (Lipinski definition) is 6. The van der Waals surface area contributed by atoms with E-state index in [0.29, 0.717) is 12.1 Å². The minimum absolute atomic E-state index is 0. The first kappa shape index (κ1) is 31.2. The predicted molar refractivity (Wildman–Crippen MR) is 121 cm³/mol. The molecular formula is C21H24Cl2F5N3O5. The average molecular weight is 564 g/mol. The van der Waals surface area contributed by atoms with Gasteiger partial charge in [0, 0.05) is 17.9 Å². The number of carbonyl (C=O) groups is 2. The predicted octanol–water partition coefficient (Wildman–Crippen LogP) is 4.24. The van der Waals surface area contributed by atoms with Gasteiger partial charge in [0.05, 0.1) is 35.0 Å². The molecule has 202 valence electrons. The Bertz CT molecular complexity index is 1080. The highest BCUT2D eigenvalue weighted by atomic mass is 35.5. The maximum atomic E-state index is 15.3. The smallest absolute Gasteiger partial charge is 0.418 e. The Morgan fingerprint density at radius 2 is 1.92 bits per heavy atom. The number of ether oxygens (including phenoxy) is 1. The van der Waals surface area contributed by atoms with Crippen molar-refractivity contribution in [2.45, 2.75) is 38.4 Å². The molecule has 1 heterocycles. The number of nitrogens with one attached hydrogen (secondary N) is 1. The summed E-state index contributed by atoms with van der Waals surface area (Å²) in [6.45, 7) is 1.14. The van der Waals surface area contributed by atoms with Crippen molar-refractivity contribution in [3.8, 4) is 0 Å². The van der Waals surface area contributed by atoms with Gasteiger partial charge < -0.3 is 26.1 Å². The summed E-state index contributed by atoms with van der Waals surface area (Å²) in [7, 11) is 0.849. The number of rotatable bonds is 7. The quantitative estimate of drug-likeness (QED) is 0.0973. The van der Waals surface area contributed by atoms with Crippen LogP contribution >= 0.6 is 24.0 Å². The molecule has 3 unspecified atom stereocenters. The Kier molecular flexibility index (Phi) is 9.98. The number of aliphatic carboxylic acids is 1. The van der Waals surface area contributed by atoms with E-state index in [1.54, 1.807) is 0 Å². The first-order valence-electron chi connectivity index (χ1n) is 10.1. The molecule has 5 N–H and O–H groups in total. The molecule has 2 rings (SSSR count). The standard InChI is InChI=1S/C21H23ClF5N3O5.ClH/c1-8(2)20(19(32)33)12(6-13(28)30-34)29-11(7-23)15(18(31)35-3)17(20)14-10(24)5-4-9(22)16(14)21(25,26)27;/h4-5,8,12,17,29,34H,6-7H2,1-3H3,(H2,28,30)(H,32,33);1H. The van der Waals surface area contributed by atoms with E-state index in [2.05, 4.69) is 15.2 Å². The van der Waals surface area contributed by atoms with Crippen molar-refractivity contribution in [2.24, 2.45) is 22.2 Å². The summed E-state index contributed by atoms with van der Waals surface area (Å²) in [6.07, 6.45) is -5.90. The number of carboxylic acid groups (broad SMARTS) is 1. The Balaban J connectivity index is 0.00000648. The Labute approximate surface area is 213 Å². The van der Waals surface area contributed by atoms with Gasteiger partial charge in [-0.2, -0.15) is 13.2 Å². The van der Waals surface area contributed by atoms with E-state index in [1.165, 1.54) is 13.8 Å². The summed E-state index contributed by atoms with van der Waals surface area (Å²) in [5, 5.41) is 23.8. The molecule has 0 fully saturated rings. The number of benzene rings is 1. The number of nitrogens with zero attached hydrogens (tertiary/aromatic N) is 1. The number of esters is 1. The summed E-state index contributed by atoms with van der Waals surface area (Å²) in [5.74, 6) is -8.58. The molecule has 0 aromatic heterocycles. The normalized spacial score (nSPS) is 22.7. The SMILES string of the molecule is COC(=O)C1=C(CF)NC(CC(N)=NO)C(C(=O)O)(C(C)C)C1c1c(F)ccc(Cl)c1C(F)(F)F.Cl. The van der Waals surface area contributed by atoms with Crippen molar-refractivity contribution in [1.82, 2.24) is 5.32 Å². The molecule has 0 radical (unpaired) electrons. The second-order valence-corrected chi connectivity index (χ2v) is 8.56. The van der Waals surface area contributed by atoms with Crippen LogP contribution in [0.5, 0.6) is 0 Å². The number of halogens is 7. The van der Waals surface area contributed by atoms with Gasteiger partial charge in [0.15, 0.2) is 0 Å². The molecule has 1 aliphatic rings. The number of allylic oxidation sites excluding steroid dienone is 1. The third-order valence-corrected chi connectivity index (χ3v) is 6.45. The highest BCUT2D eigenvalue weighted by molar-refractivity contribution is 6.31. The number of nitrogens with two attached hydrogens (primary N) is 1. The highest BCUT2D eigenvalue weighted by Crippen LogP contribution is 2.56. The topological polar surface area (TPSA) is 134 Å². The number of carbonyl (C=O) groups excluding carboxylic acids is 1. The van der Waals surface area contributed by atoms with E-state index in [-0.39, 0.29) is 12.4 Å². The largest absolute Gasteiger partial charge is 0.481 e. The summed E-state index contributed by atoms with van der Waals surface area (Å²) in [5.41, 5.74) is -1.39. The molecule has 3 atom stereocenters. The summed E-state index contributed by atoms with van der Waals surface area (Å²) < 4.78 is 76.6. The van der Waals surface area contributed by atoms with Gasteiger partial charge in [0.2, 0.25) is 0 Å². The number of methoxy groups -OCH3 is 1. The minimum atomic E-state index is -5.29. The Hall–Kier alpha value is -2.80. The highest BCUT2D eigenvalue weighted by Gasteiger charge is 2.62. The molecule has 0 saturated carbocycles. The summed E-state index contributed by atoms with van der Waals surface area (Å²) >= 11 is 5.80. The van der Waals surface area contributed by atoms with Crippen LogP contribution < -0.4 is 11.1 Å². The zero-order chi connectivity index (χ0) is 26.9. The van der Waals surface area contributed by atoms with E-state index >= 15 is 4.39 Å².